The summed E-state index contributed by atoms with van der Waals surface area (Å²) in [6.45, 7) is 5.36. The van der Waals surface area contributed by atoms with E-state index < -0.39 is 0 Å². The average Bonchev–Trinajstić information content (AvgIpc) is 2.53. The largest absolute Gasteiger partial charge is 0.480 e. The topological polar surface area (TPSA) is 56.3 Å². The van der Waals surface area contributed by atoms with Crippen LogP contribution < -0.4 is 14.8 Å². The molecule has 0 fully saturated rings. The van der Waals surface area contributed by atoms with Gasteiger partial charge >= 0.3 is 0 Å². The van der Waals surface area contributed by atoms with E-state index in [0.29, 0.717) is 11.8 Å². The van der Waals surface area contributed by atoms with Gasteiger partial charge in [0.2, 0.25) is 11.8 Å². The first kappa shape index (κ1) is 17.7. The number of rotatable bonds is 11. The smallest absolute Gasteiger partial charge is 0.240 e. The molecule has 0 saturated heterocycles. The summed E-state index contributed by atoms with van der Waals surface area (Å²) >= 11 is 0. The van der Waals surface area contributed by atoms with E-state index in [0.717, 1.165) is 25.1 Å². The van der Waals surface area contributed by atoms with Crippen LogP contribution in [0.1, 0.15) is 64.1 Å². The summed E-state index contributed by atoms with van der Waals surface area (Å²) in [4.78, 5) is 8.83. The minimum Gasteiger partial charge on any atom is -0.480 e. The van der Waals surface area contributed by atoms with E-state index in [1.165, 1.54) is 25.7 Å². The Bertz CT molecular complexity index is 399. The van der Waals surface area contributed by atoms with E-state index in [2.05, 4.69) is 29.1 Å². The molecule has 120 valence electrons. The highest BCUT2D eigenvalue weighted by atomic mass is 16.5. The average molecular weight is 295 g/mol. The Kier molecular flexibility index (Phi) is 8.74. The quantitative estimate of drug-likeness (QED) is 0.633. The van der Waals surface area contributed by atoms with Gasteiger partial charge in [-0.15, -0.1) is 0 Å². The monoisotopic (exact) mass is 295 g/mol. The highest BCUT2D eigenvalue weighted by Crippen LogP contribution is 2.27. The number of aromatic nitrogens is 2. The predicted octanol–water partition coefficient (Wildman–Crippen LogP) is 3.50. The van der Waals surface area contributed by atoms with Gasteiger partial charge < -0.3 is 14.8 Å². The lowest BCUT2D eigenvalue weighted by Crippen LogP contribution is -2.24. The van der Waals surface area contributed by atoms with Crippen LogP contribution in [0.5, 0.6) is 11.8 Å². The van der Waals surface area contributed by atoms with Crippen LogP contribution in [0.3, 0.4) is 0 Å². The zero-order valence-electron chi connectivity index (χ0n) is 13.8. The van der Waals surface area contributed by atoms with Crippen LogP contribution in [0.15, 0.2) is 6.20 Å². The third-order valence-corrected chi connectivity index (χ3v) is 3.46. The summed E-state index contributed by atoms with van der Waals surface area (Å²) < 4.78 is 10.5. The molecule has 0 saturated carbocycles. The SMILES string of the molecule is CCCCCCC(NCCC)c1ncc(OC)nc1OC. The van der Waals surface area contributed by atoms with E-state index >= 15 is 0 Å². The molecule has 0 aromatic carbocycles. The Morgan fingerprint density at radius 3 is 2.52 bits per heavy atom. The van der Waals surface area contributed by atoms with Crippen molar-refractivity contribution in [3.8, 4) is 11.8 Å². The molecule has 0 aliphatic carbocycles. The third-order valence-electron chi connectivity index (χ3n) is 3.46. The maximum Gasteiger partial charge on any atom is 0.240 e. The number of hydrogen-bond acceptors (Lipinski definition) is 5. The molecule has 0 bridgehead atoms. The summed E-state index contributed by atoms with van der Waals surface area (Å²) in [6.07, 6.45) is 8.78. The van der Waals surface area contributed by atoms with Gasteiger partial charge in [0, 0.05) is 0 Å². The molecule has 1 aromatic rings. The molecule has 5 heteroatoms. The first-order valence-electron chi connectivity index (χ1n) is 7.95. The summed E-state index contributed by atoms with van der Waals surface area (Å²) in [6, 6.07) is 0.190. The first-order valence-corrected chi connectivity index (χ1v) is 7.95. The van der Waals surface area contributed by atoms with Crippen molar-refractivity contribution in [3.05, 3.63) is 11.9 Å². The molecule has 1 aromatic heterocycles. The number of ether oxygens (including phenoxy) is 2. The van der Waals surface area contributed by atoms with Crippen molar-refractivity contribution in [1.82, 2.24) is 15.3 Å². The van der Waals surface area contributed by atoms with Gasteiger partial charge in [0.25, 0.3) is 0 Å². The lowest BCUT2D eigenvalue weighted by Gasteiger charge is -2.19. The summed E-state index contributed by atoms with van der Waals surface area (Å²) in [5, 5.41) is 3.55. The normalized spacial score (nSPS) is 12.2. The highest BCUT2D eigenvalue weighted by Gasteiger charge is 2.19. The highest BCUT2D eigenvalue weighted by molar-refractivity contribution is 5.25. The minimum atomic E-state index is 0.190. The van der Waals surface area contributed by atoms with Crippen molar-refractivity contribution in [3.63, 3.8) is 0 Å². The van der Waals surface area contributed by atoms with Gasteiger partial charge in [-0.2, -0.15) is 4.98 Å². The molecule has 1 unspecified atom stereocenters. The summed E-state index contributed by atoms with van der Waals surface area (Å²) in [7, 11) is 3.21. The third kappa shape index (κ3) is 5.87. The van der Waals surface area contributed by atoms with Gasteiger partial charge in [-0.1, -0.05) is 39.5 Å². The molecule has 0 aliphatic heterocycles. The van der Waals surface area contributed by atoms with Crippen LogP contribution in [-0.2, 0) is 0 Å². The van der Waals surface area contributed by atoms with Crippen LogP contribution in [0.4, 0.5) is 0 Å². The van der Waals surface area contributed by atoms with Gasteiger partial charge in [0.05, 0.1) is 26.5 Å². The number of nitrogens with one attached hydrogen (secondary N) is 1. The van der Waals surface area contributed by atoms with E-state index in [9.17, 15) is 0 Å². The fourth-order valence-corrected chi connectivity index (χ4v) is 2.28. The lowest BCUT2D eigenvalue weighted by molar-refractivity contribution is 0.345. The Morgan fingerprint density at radius 1 is 1.10 bits per heavy atom. The number of hydrogen-bond donors (Lipinski definition) is 1. The van der Waals surface area contributed by atoms with E-state index in [1.807, 2.05) is 0 Å². The van der Waals surface area contributed by atoms with Gasteiger partial charge in [-0.25, -0.2) is 4.98 Å². The van der Waals surface area contributed by atoms with Gasteiger partial charge in [0.15, 0.2) is 0 Å². The van der Waals surface area contributed by atoms with Crippen molar-refractivity contribution in [2.75, 3.05) is 20.8 Å². The molecule has 21 heavy (non-hydrogen) atoms. The van der Waals surface area contributed by atoms with Crippen molar-refractivity contribution in [2.45, 2.75) is 58.4 Å². The Morgan fingerprint density at radius 2 is 1.90 bits per heavy atom. The molecular formula is C16H29N3O2. The van der Waals surface area contributed by atoms with E-state index in [-0.39, 0.29) is 6.04 Å². The van der Waals surface area contributed by atoms with Crippen LogP contribution >= 0.6 is 0 Å². The van der Waals surface area contributed by atoms with Crippen molar-refractivity contribution in [2.24, 2.45) is 0 Å². The molecule has 1 atom stereocenters. The maximum absolute atomic E-state index is 5.38. The first-order chi connectivity index (χ1) is 10.3. The van der Waals surface area contributed by atoms with Crippen LogP contribution in [0, 0.1) is 0 Å². The minimum absolute atomic E-state index is 0.190. The number of methoxy groups -OCH3 is 2. The fraction of sp³-hybridized carbons (Fsp3) is 0.750. The Balaban J connectivity index is 2.80. The number of unbranched alkanes of at least 4 members (excludes halogenated alkanes) is 3. The van der Waals surface area contributed by atoms with Crippen LogP contribution in [0.25, 0.3) is 0 Å². The Labute approximate surface area is 128 Å². The molecule has 1 heterocycles. The molecule has 0 aliphatic rings. The van der Waals surface area contributed by atoms with Crippen LogP contribution in [0.2, 0.25) is 0 Å². The number of nitrogens with zero attached hydrogens (tertiary/aromatic N) is 2. The van der Waals surface area contributed by atoms with Crippen molar-refractivity contribution < 1.29 is 9.47 Å². The van der Waals surface area contributed by atoms with Gasteiger partial charge in [0.1, 0.15) is 5.69 Å². The molecule has 0 amide bonds. The Hall–Kier alpha value is -1.36. The fourth-order valence-electron chi connectivity index (χ4n) is 2.28. The predicted molar refractivity (Wildman–Crippen MR) is 84.9 cm³/mol. The molecule has 5 nitrogen and oxygen atoms in total. The van der Waals surface area contributed by atoms with Gasteiger partial charge in [-0.05, 0) is 19.4 Å². The van der Waals surface area contributed by atoms with Crippen molar-refractivity contribution in [1.29, 1.82) is 0 Å². The zero-order chi connectivity index (χ0) is 15.5. The van der Waals surface area contributed by atoms with Gasteiger partial charge in [-0.3, -0.25) is 0 Å². The summed E-state index contributed by atoms with van der Waals surface area (Å²) in [5.74, 6) is 1.04. The van der Waals surface area contributed by atoms with Crippen LogP contribution in [-0.4, -0.2) is 30.7 Å². The van der Waals surface area contributed by atoms with E-state index in [4.69, 9.17) is 9.47 Å². The summed E-state index contributed by atoms with van der Waals surface area (Å²) in [5.41, 5.74) is 0.878. The lowest BCUT2D eigenvalue weighted by atomic mass is 10.0. The second kappa shape index (κ2) is 10.4. The molecule has 0 spiro atoms. The van der Waals surface area contributed by atoms with Crippen molar-refractivity contribution >= 4 is 0 Å². The second-order valence-electron chi connectivity index (χ2n) is 5.16. The van der Waals surface area contributed by atoms with E-state index in [1.54, 1.807) is 20.4 Å². The maximum atomic E-state index is 5.38. The standard InChI is InChI=1S/C16H29N3O2/c1-5-7-8-9-10-13(17-11-6-2)15-16(21-4)19-14(20-3)12-18-15/h12-13,17H,5-11H2,1-4H3. The zero-order valence-corrected chi connectivity index (χ0v) is 13.8. The molecule has 1 N–H and O–H groups in total. The molecule has 0 radical (unpaired) electrons. The second-order valence-corrected chi connectivity index (χ2v) is 5.16. The molecular weight excluding hydrogens is 266 g/mol. The molecule has 1 rings (SSSR count).